The van der Waals surface area contributed by atoms with Crippen molar-refractivity contribution in [1.82, 2.24) is 0 Å². The van der Waals surface area contributed by atoms with Crippen molar-refractivity contribution in [3.05, 3.63) is 84.9 Å². The van der Waals surface area contributed by atoms with E-state index in [0.717, 1.165) is 0 Å². The summed E-state index contributed by atoms with van der Waals surface area (Å²) in [6.07, 6.45) is 0. The Bertz CT molecular complexity index is 742. The molecule has 0 saturated heterocycles. The highest BCUT2D eigenvalue weighted by Gasteiger charge is 2.28. The Labute approximate surface area is 148 Å². The maximum absolute atomic E-state index is 2.50. The molecule has 0 spiro atoms. The molecule has 24 heavy (non-hydrogen) atoms. The van der Waals surface area contributed by atoms with Crippen LogP contribution < -0.4 is 21.1 Å². The Morgan fingerprint density at radius 3 is 1.62 bits per heavy atom. The highest BCUT2D eigenvalue weighted by molar-refractivity contribution is 7.80. The Balaban J connectivity index is 2.22. The van der Waals surface area contributed by atoms with Gasteiger partial charge in [-0.3, -0.25) is 0 Å². The summed E-state index contributed by atoms with van der Waals surface area (Å²) >= 11 is 0. The maximum atomic E-state index is 2.50. The average Bonchev–Trinajstić information content (AvgIpc) is 2.64. The Morgan fingerprint density at radius 1 is 0.667 bits per heavy atom. The number of rotatable bonds is 5. The van der Waals surface area contributed by atoms with Crippen LogP contribution in [0.5, 0.6) is 0 Å². The molecule has 0 aliphatic rings. The summed E-state index contributed by atoms with van der Waals surface area (Å²) in [6.45, 7) is 7.33. The van der Waals surface area contributed by atoms with Gasteiger partial charge in [0, 0.05) is 0 Å². The molecule has 0 aliphatic carbocycles. The fourth-order valence-corrected chi connectivity index (χ4v) is 8.31. The zero-order chi connectivity index (χ0) is 17.0. The predicted octanol–water partition coefficient (Wildman–Crippen LogP) is 4.38. The second kappa shape index (κ2) is 7.47. The van der Waals surface area contributed by atoms with Crippen LogP contribution in [-0.4, -0.2) is 8.07 Å². The predicted molar refractivity (Wildman–Crippen MR) is 113 cm³/mol. The molecule has 0 heterocycles. The van der Waals surface area contributed by atoms with Crippen molar-refractivity contribution < 1.29 is 0 Å². The lowest BCUT2D eigenvalue weighted by molar-refractivity contribution is 1.38. The molecule has 3 rings (SSSR count). The van der Waals surface area contributed by atoms with Crippen LogP contribution in [0.25, 0.3) is 0 Å². The molecule has 0 amide bonds. The number of hydrogen-bond donors (Lipinski definition) is 0. The molecule has 0 nitrogen and oxygen atoms in total. The van der Waals surface area contributed by atoms with Crippen LogP contribution in [0.2, 0.25) is 19.1 Å². The molecule has 0 atom stereocenters. The lowest BCUT2D eigenvalue weighted by atomic mass is 10.3. The summed E-state index contributed by atoms with van der Waals surface area (Å²) in [5.41, 5.74) is 0. The molecule has 0 bridgehead atoms. The van der Waals surface area contributed by atoms with E-state index >= 15 is 0 Å². The van der Waals surface area contributed by atoms with E-state index in [0.29, 0.717) is 0 Å². The third kappa shape index (κ3) is 3.53. The fraction of sp³-hybridized carbons (Fsp3) is 0.182. The largest absolute Gasteiger partial charge is 0.0812 e. The highest BCUT2D eigenvalue weighted by Crippen LogP contribution is 2.32. The zero-order valence-electron chi connectivity index (χ0n) is 14.7. The van der Waals surface area contributed by atoms with Crippen LogP contribution in [-0.2, 0) is 0 Å². The van der Waals surface area contributed by atoms with Crippen molar-refractivity contribution >= 4 is 37.1 Å². The van der Waals surface area contributed by atoms with Gasteiger partial charge in [-0.1, -0.05) is 116 Å². The van der Waals surface area contributed by atoms with Gasteiger partial charge in [0.2, 0.25) is 0 Å². The van der Waals surface area contributed by atoms with E-state index in [1.54, 1.807) is 10.5 Å². The number of hydrogen-bond acceptors (Lipinski definition) is 0. The van der Waals surface area contributed by atoms with Gasteiger partial charge in [0.25, 0.3) is 0 Å². The summed E-state index contributed by atoms with van der Waals surface area (Å²) < 4.78 is 0. The van der Waals surface area contributed by atoms with Crippen molar-refractivity contribution in [2.24, 2.45) is 0 Å². The van der Waals surface area contributed by atoms with Crippen molar-refractivity contribution in [2.45, 2.75) is 26.1 Å². The highest BCUT2D eigenvalue weighted by atomic mass is 31.1. The van der Waals surface area contributed by atoms with E-state index in [1.807, 2.05) is 0 Å². The second-order valence-electron chi connectivity index (χ2n) is 6.76. The van der Waals surface area contributed by atoms with Crippen LogP contribution in [0.4, 0.5) is 0 Å². The summed E-state index contributed by atoms with van der Waals surface area (Å²) in [7, 11) is -1.91. The summed E-state index contributed by atoms with van der Waals surface area (Å²) in [6, 6.07) is 32.5. The van der Waals surface area contributed by atoms with Crippen LogP contribution in [0.1, 0.15) is 6.92 Å². The molecule has 0 radical (unpaired) electrons. The van der Waals surface area contributed by atoms with Crippen molar-refractivity contribution in [3.8, 4) is 0 Å². The average molecular weight is 349 g/mol. The van der Waals surface area contributed by atoms with Gasteiger partial charge in [-0.25, -0.2) is 0 Å². The smallest absolute Gasteiger partial charge is 0.0675 e. The van der Waals surface area contributed by atoms with Crippen molar-refractivity contribution in [2.75, 3.05) is 0 Å². The molecule has 0 fully saturated rings. The van der Waals surface area contributed by atoms with Gasteiger partial charge in [-0.05, 0) is 23.8 Å². The molecule has 0 aliphatic heterocycles. The Hall–Kier alpha value is -1.69. The minimum Gasteiger partial charge on any atom is -0.0675 e. The maximum Gasteiger partial charge on any atom is 0.0812 e. The topological polar surface area (TPSA) is 0 Å². The van der Waals surface area contributed by atoms with E-state index in [1.165, 1.54) is 16.7 Å². The quantitative estimate of drug-likeness (QED) is 0.474. The Morgan fingerprint density at radius 2 is 1.12 bits per heavy atom. The first kappa shape index (κ1) is 17.1. The molecular weight excluding hydrogens is 323 g/mol. The van der Waals surface area contributed by atoms with Gasteiger partial charge >= 0.3 is 0 Å². The van der Waals surface area contributed by atoms with Gasteiger partial charge in [0.1, 0.15) is 0 Å². The summed E-state index contributed by atoms with van der Waals surface area (Å²) in [4.78, 5) is 0. The second-order valence-corrected chi connectivity index (χ2v) is 14.0. The Kier molecular flexibility index (Phi) is 5.33. The first-order valence-electron chi connectivity index (χ1n) is 8.63. The van der Waals surface area contributed by atoms with E-state index in [-0.39, 0.29) is 0 Å². The molecule has 3 aromatic carbocycles. The fourth-order valence-electron chi connectivity index (χ4n) is 3.01. The van der Waals surface area contributed by atoms with E-state index < -0.39 is 16.0 Å². The summed E-state index contributed by atoms with van der Waals surface area (Å²) in [5, 5.41) is 6.04. The van der Waals surface area contributed by atoms with Crippen LogP contribution >= 0.6 is 7.92 Å². The zero-order valence-corrected chi connectivity index (χ0v) is 16.6. The standard InChI is InChI=1S/C22H25PSi/c1-4-24(2,3)22-18-12-11-17-21(22)23(19-13-7-5-8-14-19)20-15-9-6-10-16-20/h5-18H,4H2,1-3H3. The van der Waals surface area contributed by atoms with Gasteiger partial charge in [-0.15, -0.1) is 0 Å². The molecular formula is C22H25PSi. The van der Waals surface area contributed by atoms with Gasteiger partial charge in [0.05, 0.1) is 8.07 Å². The molecule has 0 aromatic heterocycles. The first-order valence-corrected chi connectivity index (χ1v) is 13.2. The van der Waals surface area contributed by atoms with Gasteiger partial charge in [0.15, 0.2) is 0 Å². The minimum absolute atomic E-state index is 0.502. The van der Waals surface area contributed by atoms with Crippen LogP contribution in [0.3, 0.4) is 0 Å². The summed E-state index contributed by atoms with van der Waals surface area (Å²) in [5.74, 6) is 0. The van der Waals surface area contributed by atoms with E-state index in [2.05, 4.69) is 105 Å². The van der Waals surface area contributed by atoms with Crippen molar-refractivity contribution in [1.29, 1.82) is 0 Å². The van der Waals surface area contributed by atoms with Crippen LogP contribution in [0.15, 0.2) is 84.9 Å². The minimum atomic E-state index is -1.41. The molecule has 122 valence electrons. The third-order valence-electron chi connectivity index (χ3n) is 4.79. The molecule has 3 aromatic rings. The number of benzene rings is 3. The lowest BCUT2D eigenvalue weighted by Gasteiger charge is -2.29. The lowest BCUT2D eigenvalue weighted by Crippen LogP contribution is -2.49. The van der Waals surface area contributed by atoms with Crippen molar-refractivity contribution in [3.63, 3.8) is 0 Å². The molecule has 0 N–H and O–H groups in total. The van der Waals surface area contributed by atoms with E-state index in [4.69, 9.17) is 0 Å². The molecule has 2 heteroatoms. The van der Waals surface area contributed by atoms with Crippen LogP contribution in [0, 0.1) is 0 Å². The normalized spacial score (nSPS) is 11.7. The first-order chi connectivity index (χ1) is 11.6. The SMILES string of the molecule is CC[Si](C)(C)c1ccccc1P(c1ccccc1)c1ccccc1. The monoisotopic (exact) mass is 348 g/mol. The van der Waals surface area contributed by atoms with Gasteiger partial charge in [-0.2, -0.15) is 0 Å². The third-order valence-corrected chi connectivity index (χ3v) is 11.2. The van der Waals surface area contributed by atoms with E-state index in [9.17, 15) is 0 Å². The van der Waals surface area contributed by atoms with Gasteiger partial charge < -0.3 is 0 Å². The molecule has 0 unspecified atom stereocenters. The molecule has 0 saturated carbocycles.